The molecule has 1 aromatic heterocycles. The maximum atomic E-state index is 12.5. The predicted molar refractivity (Wildman–Crippen MR) is 91.8 cm³/mol. The van der Waals surface area contributed by atoms with Crippen LogP contribution in [-0.4, -0.2) is 32.3 Å². The fraction of sp³-hybridized carbons (Fsp3) is 0.722. The van der Waals surface area contributed by atoms with E-state index in [0.717, 1.165) is 30.7 Å². The minimum atomic E-state index is -1.10. The highest BCUT2D eigenvalue weighted by molar-refractivity contribution is 5.87. The Morgan fingerprint density at radius 2 is 2.04 bits per heavy atom. The molecule has 1 unspecified atom stereocenters. The van der Waals surface area contributed by atoms with Crippen LogP contribution in [-0.2, 0) is 9.59 Å². The summed E-state index contributed by atoms with van der Waals surface area (Å²) in [5, 5.41) is 16.9. The molecule has 2 N–H and O–H groups in total. The van der Waals surface area contributed by atoms with Gasteiger partial charge in [-0.15, -0.1) is 0 Å². The summed E-state index contributed by atoms with van der Waals surface area (Å²) in [6.45, 7) is 7.94. The van der Waals surface area contributed by atoms with Crippen molar-refractivity contribution < 1.29 is 14.7 Å². The van der Waals surface area contributed by atoms with E-state index in [-0.39, 0.29) is 18.4 Å². The van der Waals surface area contributed by atoms with Gasteiger partial charge in [0, 0.05) is 12.1 Å². The van der Waals surface area contributed by atoms with Crippen LogP contribution in [0.3, 0.4) is 0 Å². The van der Waals surface area contributed by atoms with Gasteiger partial charge < -0.3 is 10.4 Å². The Hall–Kier alpha value is -1.85. The molecule has 1 amide bonds. The van der Waals surface area contributed by atoms with Crippen molar-refractivity contribution in [2.45, 2.75) is 77.8 Å². The first kappa shape index (κ1) is 18.5. The van der Waals surface area contributed by atoms with Crippen molar-refractivity contribution in [1.29, 1.82) is 0 Å². The molecular weight excluding hydrogens is 306 g/mol. The zero-order valence-electron chi connectivity index (χ0n) is 15.1. The van der Waals surface area contributed by atoms with E-state index in [4.69, 9.17) is 0 Å². The Morgan fingerprint density at radius 1 is 1.42 bits per heavy atom. The van der Waals surface area contributed by atoms with E-state index in [2.05, 4.69) is 17.3 Å². The van der Waals surface area contributed by atoms with E-state index in [1.54, 1.807) is 0 Å². The van der Waals surface area contributed by atoms with Crippen molar-refractivity contribution in [2.75, 3.05) is 0 Å². The standard InChI is InChI=1S/C18H29N3O3/c1-5-15-6-8-18(9-7-15,17(23)24)19-16(22)11-14(4)21-13(3)10-12(2)20-21/h10,14-15H,5-9,11H2,1-4H3,(H,19,22)(H,23,24). The monoisotopic (exact) mass is 335 g/mol. The number of carbonyl (C=O) groups excluding carboxylic acids is 1. The lowest BCUT2D eigenvalue weighted by Gasteiger charge is -2.37. The number of hydrogen-bond donors (Lipinski definition) is 2. The summed E-state index contributed by atoms with van der Waals surface area (Å²) in [7, 11) is 0. The number of nitrogens with one attached hydrogen (secondary N) is 1. The minimum absolute atomic E-state index is 0.100. The predicted octanol–water partition coefficient (Wildman–Crippen LogP) is 2.99. The molecule has 0 aliphatic heterocycles. The van der Waals surface area contributed by atoms with Gasteiger partial charge in [0.25, 0.3) is 0 Å². The summed E-state index contributed by atoms with van der Waals surface area (Å²) in [5.41, 5.74) is 0.821. The van der Waals surface area contributed by atoms with Gasteiger partial charge >= 0.3 is 5.97 Å². The second-order valence-corrected chi connectivity index (χ2v) is 7.21. The van der Waals surface area contributed by atoms with Crippen LogP contribution >= 0.6 is 0 Å². The Balaban J connectivity index is 2.01. The van der Waals surface area contributed by atoms with Crippen molar-refractivity contribution in [2.24, 2.45) is 5.92 Å². The van der Waals surface area contributed by atoms with Gasteiger partial charge in [-0.3, -0.25) is 9.48 Å². The van der Waals surface area contributed by atoms with Gasteiger partial charge in [-0.05, 0) is 58.4 Å². The SMILES string of the molecule is CCC1CCC(NC(=O)CC(C)n2nc(C)cc2C)(C(=O)O)CC1. The molecule has 1 aromatic rings. The average molecular weight is 335 g/mol. The maximum Gasteiger partial charge on any atom is 0.329 e. The molecule has 1 heterocycles. The quantitative estimate of drug-likeness (QED) is 0.837. The number of nitrogens with zero attached hydrogens (tertiary/aromatic N) is 2. The van der Waals surface area contributed by atoms with E-state index in [1.807, 2.05) is 31.5 Å². The fourth-order valence-corrected chi connectivity index (χ4v) is 3.74. The summed E-state index contributed by atoms with van der Waals surface area (Å²) in [5.74, 6) is -0.556. The van der Waals surface area contributed by atoms with Crippen molar-refractivity contribution in [3.05, 3.63) is 17.5 Å². The lowest BCUT2D eigenvalue weighted by molar-refractivity contribution is -0.149. The Kier molecular flexibility index (Phi) is 5.67. The topological polar surface area (TPSA) is 84.2 Å². The molecular formula is C18H29N3O3. The van der Waals surface area contributed by atoms with Crippen molar-refractivity contribution >= 4 is 11.9 Å². The highest BCUT2D eigenvalue weighted by Gasteiger charge is 2.43. The molecule has 1 atom stereocenters. The van der Waals surface area contributed by atoms with Crippen LogP contribution < -0.4 is 5.32 Å². The van der Waals surface area contributed by atoms with Crippen LogP contribution in [0, 0.1) is 19.8 Å². The molecule has 1 aliphatic rings. The van der Waals surface area contributed by atoms with Crippen LogP contribution in [0.1, 0.15) is 69.8 Å². The fourth-order valence-electron chi connectivity index (χ4n) is 3.74. The third-order valence-electron chi connectivity index (χ3n) is 5.27. The molecule has 24 heavy (non-hydrogen) atoms. The van der Waals surface area contributed by atoms with Crippen LogP contribution in [0.2, 0.25) is 0 Å². The lowest BCUT2D eigenvalue weighted by atomic mass is 9.75. The smallest absolute Gasteiger partial charge is 0.329 e. The molecule has 1 saturated carbocycles. The maximum absolute atomic E-state index is 12.5. The molecule has 0 aromatic carbocycles. The van der Waals surface area contributed by atoms with Crippen molar-refractivity contribution in [3.8, 4) is 0 Å². The first-order chi connectivity index (χ1) is 11.3. The van der Waals surface area contributed by atoms with Gasteiger partial charge in [0.2, 0.25) is 5.91 Å². The van der Waals surface area contributed by atoms with Crippen LogP contribution in [0.5, 0.6) is 0 Å². The number of carboxylic acid groups (broad SMARTS) is 1. The summed E-state index contributed by atoms with van der Waals surface area (Å²) in [6, 6.07) is 1.87. The molecule has 0 spiro atoms. The van der Waals surface area contributed by atoms with Crippen molar-refractivity contribution in [1.82, 2.24) is 15.1 Å². The van der Waals surface area contributed by atoms with E-state index in [0.29, 0.717) is 18.8 Å². The zero-order chi connectivity index (χ0) is 17.9. The number of amides is 1. The first-order valence-electron chi connectivity index (χ1n) is 8.84. The van der Waals surface area contributed by atoms with Gasteiger partial charge in [0.15, 0.2) is 0 Å². The number of aryl methyl sites for hydroxylation is 2. The summed E-state index contributed by atoms with van der Waals surface area (Å²) in [6.07, 6.45) is 4.04. The van der Waals surface area contributed by atoms with Gasteiger partial charge in [-0.25, -0.2) is 4.79 Å². The summed E-state index contributed by atoms with van der Waals surface area (Å²) < 4.78 is 1.83. The first-order valence-corrected chi connectivity index (χ1v) is 8.84. The molecule has 1 aliphatic carbocycles. The van der Waals surface area contributed by atoms with Gasteiger partial charge in [-0.1, -0.05) is 13.3 Å². The van der Waals surface area contributed by atoms with Crippen LogP contribution in [0.15, 0.2) is 6.07 Å². The Labute approximate surface area is 143 Å². The highest BCUT2D eigenvalue weighted by Crippen LogP contribution is 2.34. The Bertz CT molecular complexity index is 601. The molecule has 2 rings (SSSR count). The average Bonchev–Trinajstić information content (AvgIpc) is 2.86. The highest BCUT2D eigenvalue weighted by atomic mass is 16.4. The van der Waals surface area contributed by atoms with E-state index in [1.165, 1.54) is 0 Å². The molecule has 0 saturated heterocycles. The number of carbonyl (C=O) groups is 2. The third-order valence-corrected chi connectivity index (χ3v) is 5.27. The molecule has 134 valence electrons. The van der Waals surface area contributed by atoms with E-state index in [9.17, 15) is 14.7 Å². The number of aromatic nitrogens is 2. The van der Waals surface area contributed by atoms with Crippen molar-refractivity contribution in [3.63, 3.8) is 0 Å². The number of hydrogen-bond acceptors (Lipinski definition) is 3. The summed E-state index contributed by atoms with van der Waals surface area (Å²) >= 11 is 0. The van der Waals surface area contributed by atoms with Gasteiger partial charge in [0.05, 0.1) is 11.7 Å². The third kappa shape index (κ3) is 3.97. The van der Waals surface area contributed by atoms with Gasteiger partial charge in [-0.2, -0.15) is 5.10 Å². The Morgan fingerprint density at radius 3 is 2.50 bits per heavy atom. The summed E-state index contributed by atoms with van der Waals surface area (Å²) in [4.78, 5) is 24.2. The zero-order valence-corrected chi connectivity index (χ0v) is 15.1. The van der Waals surface area contributed by atoms with E-state index >= 15 is 0 Å². The molecule has 0 bridgehead atoms. The normalized spacial score (nSPS) is 25.2. The number of rotatable bonds is 6. The second kappa shape index (κ2) is 7.36. The largest absolute Gasteiger partial charge is 0.480 e. The molecule has 6 heteroatoms. The molecule has 6 nitrogen and oxygen atoms in total. The van der Waals surface area contributed by atoms with Gasteiger partial charge in [0.1, 0.15) is 5.54 Å². The van der Waals surface area contributed by atoms with E-state index < -0.39 is 11.5 Å². The minimum Gasteiger partial charge on any atom is -0.480 e. The molecule has 0 radical (unpaired) electrons. The van der Waals surface area contributed by atoms with Crippen LogP contribution in [0.25, 0.3) is 0 Å². The lowest BCUT2D eigenvalue weighted by Crippen LogP contribution is -2.56. The second-order valence-electron chi connectivity index (χ2n) is 7.21. The number of aliphatic carboxylic acids is 1. The molecule has 1 fully saturated rings. The number of carboxylic acids is 1. The van der Waals surface area contributed by atoms with Crippen LogP contribution in [0.4, 0.5) is 0 Å².